The van der Waals surface area contributed by atoms with Crippen molar-refractivity contribution in [2.24, 2.45) is 5.41 Å². The maximum atomic E-state index is 14.2. The predicted octanol–water partition coefficient (Wildman–Crippen LogP) is 4.04. The molecule has 2 aliphatic rings. The Morgan fingerprint density at radius 1 is 1.18 bits per heavy atom. The molecular formula is C25H28F3N3O3. The number of nitrogens with zero attached hydrogens (tertiary/aromatic N) is 3. The molecule has 0 radical (unpaired) electrons. The van der Waals surface area contributed by atoms with Gasteiger partial charge in [-0.15, -0.1) is 0 Å². The molecule has 0 aromatic heterocycles. The van der Waals surface area contributed by atoms with E-state index in [0.717, 1.165) is 11.3 Å². The van der Waals surface area contributed by atoms with Crippen LogP contribution in [0.2, 0.25) is 0 Å². The Morgan fingerprint density at radius 2 is 1.88 bits per heavy atom. The monoisotopic (exact) mass is 475 g/mol. The van der Waals surface area contributed by atoms with Gasteiger partial charge in [-0.25, -0.2) is 13.2 Å². The number of benzene rings is 2. The van der Waals surface area contributed by atoms with Crippen LogP contribution in [-0.4, -0.2) is 64.1 Å². The number of nitriles is 1. The van der Waals surface area contributed by atoms with Gasteiger partial charge in [-0.1, -0.05) is 6.07 Å². The Balaban J connectivity index is 1.36. The van der Waals surface area contributed by atoms with E-state index in [1.807, 2.05) is 18.2 Å². The van der Waals surface area contributed by atoms with E-state index in [2.05, 4.69) is 11.0 Å². The van der Waals surface area contributed by atoms with Crippen LogP contribution in [0.4, 0.5) is 18.9 Å². The van der Waals surface area contributed by atoms with Gasteiger partial charge in [-0.3, -0.25) is 4.90 Å². The van der Waals surface area contributed by atoms with E-state index >= 15 is 0 Å². The van der Waals surface area contributed by atoms with Gasteiger partial charge in [0.15, 0.2) is 17.9 Å². The maximum Gasteiger partial charge on any atom is 0.251 e. The van der Waals surface area contributed by atoms with E-state index < -0.39 is 18.5 Å². The summed E-state index contributed by atoms with van der Waals surface area (Å²) in [7, 11) is 1.43. The number of rotatable bonds is 9. The van der Waals surface area contributed by atoms with Crippen LogP contribution >= 0.6 is 0 Å². The molecule has 0 unspecified atom stereocenters. The van der Waals surface area contributed by atoms with Crippen molar-refractivity contribution < 1.29 is 27.4 Å². The van der Waals surface area contributed by atoms with Crippen molar-refractivity contribution in [2.75, 3.05) is 51.4 Å². The van der Waals surface area contributed by atoms with Crippen LogP contribution in [0.1, 0.15) is 17.5 Å². The standard InChI is InChI=1S/C25H28F3N3O3/c1-32-22-7-4-19(10-21(22)26)12-31(20-5-2-18(11-29)3-6-20)9-8-24-33-16-25(17-34-24)14-30(15-25)13-23(27)28/h2-7,10,23-24H,8-9,12-17H2,1H3. The van der Waals surface area contributed by atoms with Gasteiger partial charge in [0.05, 0.1) is 38.5 Å². The molecule has 0 atom stereocenters. The topological polar surface area (TPSA) is 58.0 Å². The minimum atomic E-state index is -2.33. The summed E-state index contributed by atoms with van der Waals surface area (Å²) in [5.41, 5.74) is 2.04. The second-order valence-electron chi connectivity index (χ2n) is 8.95. The van der Waals surface area contributed by atoms with Crippen LogP contribution in [0, 0.1) is 22.6 Å². The molecule has 1 spiro atoms. The molecule has 0 saturated carbocycles. The molecule has 2 aromatic rings. The predicted molar refractivity (Wildman–Crippen MR) is 120 cm³/mol. The van der Waals surface area contributed by atoms with E-state index in [9.17, 15) is 13.2 Å². The van der Waals surface area contributed by atoms with Crippen molar-refractivity contribution in [3.05, 3.63) is 59.4 Å². The van der Waals surface area contributed by atoms with Crippen molar-refractivity contribution in [1.29, 1.82) is 5.26 Å². The Bertz CT molecular complexity index is 997. The summed E-state index contributed by atoms with van der Waals surface area (Å²) < 4.78 is 56.2. The Labute approximate surface area is 197 Å². The van der Waals surface area contributed by atoms with Gasteiger partial charge in [-0.2, -0.15) is 5.26 Å². The molecule has 2 fully saturated rings. The lowest BCUT2D eigenvalue weighted by Crippen LogP contribution is -2.64. The van der Waals surface area contributed by atoms with Crippen LogP contribution < -0.4 is 9.64 Å². The highest BCUT2D eigenvalue weighted by Gasteiger charge is 2.47. The molecule has 4 rings (SSSR count). The molecule has 9 heteroatoms. The summed E-state index contributed by atoms with van der Waals surface area (Å²) in [6.07, 6.45) is -2.15. The fourth-order valence-corrected chi connectivity index (χ4v) is 4.54. The summed E-state index contributed by atoms with van der Waals surface area (Å²) in [6.45, 7) is 2.91. The number of alkyl halides is 2. The first-order valence-electron chi connectivity index (χ1n) is 11.2. The number of hydrogen-bond acceptors (Lipinski definition) is 6. The van der Waals surface area contributed by atoms with Crippen molar-refractivity contribution in [3.63, 3.8) is 0 Å². The third-order valence-electron chi connectivity index (χ3n) is 6.25. The third-order valence-corrected chi connectivity index (χ3v) is 6.25. The normalized spacial score (nSPS) is 18.0. The number of likely N-dealkylation sites (tertiary alicyclic amines) is 1. The molecule has 0 N–H and O–H groups in total. The van der Waals surface area contributed by atoms with Crippen molar-refractivity contribution in [3.8, 4) is 11.8 Å². The molecule has 0 amide bonds. The van der Waals surface area contributed by atoms with E-state index in [1.54, 1.807) is 23.1 Å². The Morgan fingerprint density at radius 3 is 2.47 bits per heavy atom. The first kappa shape index (κ1) is 24.3. The van der Waals surface area contributed by atoms with Crippen LogP contribution in [0.25, 0.3) is 0 Å². The number of hydrogen-bond donors (Lipinski definition) is 0. The van der Waals surface area contributed by atoms with Crippen molar-refractivity contribution in [2.45, 2.75) is 25.7 Å². The second-order valence-corrected chi connectivity index (χ2v) is 8.95. The third kappa shape index (κ3) is 5.81. The summed E-state index contributed by atoms with van der Waals surface area (Å²) in [6, 6.07) is 14.2. The molecule has 2 aliphatic heterocycles. The molecule has 2 aromatic carbocycles. The average Bonchev–Trinajstić information content (AvgIpc) is 2.81. The van der Waals surface area contributed by atoms with Gasteiger partial charge in [0.25, 0.3) is 6.43 Å². The minimum Gasteiger partial charge on any atom is -0.494 e. The summed E-state index contributed by atoms with van der Waals surface area (Å²) in [5.74, 6) is -0.236. The van der Waals surface area contributed by atoms with Gasteiger partial charge in [0, 0.05) is 43.7 Å². The number of ether oxygens (including phenoxy) is 3. The highest BCUT2D eigenvalue weighted by molar-refractivity contribution is 5.50. The average molecular weight is 476 g/mol. The van der Waals surface area contributed by atoms with E-state index in [-0.39, 0.29) is 17.7 Å². The Hall–Kier alpha value is -2.80. The molecule has 182 valence electrons. The van der Waals surface area contributed by atoms with Crippen LogP contribution in [-0.2, 0) is 16.0 Å². The fourth-order valence-electron chi connectivity index (χ4n) is 4.54. The zero-order valence-corrected chi connectivity index (χ0v) is 19.1. The van der Waals surface area contributed by atoms with Crippen LogP contribution in [0.5, 0.6) is 5.75 Å². The van der Waals surface area contributed by atoms with Crippen molar-refractivity contribution in [1.82, 2.24) is 4.90 Å². The first-order valence-corrected chi connectivity index (χ1v) is 11.2. The lowest BCUT2D eigenvalue weighted by atomic mass is 9.81. The fraction of sp³-hybridized carbons (Fsp3) is 0.480. The smallest absolute Gasteiger partial charge is 0.251 e. The van der Waals surface area contributed by atoms with Gasteiger partial charge >= 0.3 is 0 Å². The van der Waals surface area contributed by atoms with Crippen molar-refractivity contribution >= 4 is 5.69 Å². The Kier molecular flexibility index (Phi) is 7.61. The van der Waals surface area contributed by atoms with Gasteiger partial charge in [0.2, 0.25) is 0 Å². The van der Waals surface area contributed by atoms with Crippen LogP contribution in [0.3, 0.4) is 0 Å². The van der Waals surface area contributed by atoms with Gasteiger partial charge in [-0.05, 0) is 42.0 Å². The lowest BCUT2D eigenvalue weighted by Gasteiger charge is -2.52. The largest absolute Gasteiger partial charge is 0.494 e. The molecule has 6 nitrogen and oxygen atoms in total. The van der Waals surface area contributed by atoms with Gasteiger partial charge in [0.1, 0.15) is 0 Å². The van der Waals surface area contributed by atoms with Gasteiger partial charge < -0.3 is 19.1 Å². The highest BCUT2D eigenvalue weighted by Crippen LogP contribution is 2.35. The minimum absolute atomic E-state index is 0.190. The number of anilines is 1. The number of halogens is 3. The molecule has 2 heterocycles. The number of methoxy groups -OCH3 is 1. The van der Waals surface area contributed by atoms with E-state index in [4.69, 9.17) is 19.5 Å². The summed E-state index contributed by atoms with van der Waals surface area (Å²) in [4.78, 5) is 3.80. The zero-order chi connectivity index (χ0) is 24.1. The SMILES string of the molecule is COc1ccc(CN(CCC2OCC3(CO2)CN(CC(F)F)C3)c2ccc(C#N)cc2)cc1F. The molecular weight excluding hydrogens is 447 g/mol. The first-order chi connectivity index (χ1) is 16.4. The summed E-state index contributed by atoms with van der Waals surface area (Å²) >= 11 is 0. The van der Waals surface area contributed by atoms with E-state index in [1.165, 1.54) is 13.2 Å². The maximum absolute atomic E-state index is 14.2. The lowest BCUT2D eigenvalue weighted by molar-refractivity contribution is -0.260. The molecule has 2 saturated heterocycles. The quantitative estimate of drug-likeness (QED) is 0.546. The molecule has 34 heavy (non-hydrogen) atoms. The molecule has 0 aliphatic carbocycles. The zero-order valence-electron chi connectivity index (χ0n) is 19.1. The van der Waals surface area contributed by atoms with E-state index in [0.29, 0.717) is 51.4 Å². The summed E-state index contributed by atoms with van der Waals surface area (Å²) in [5, 5.41) is 9.09. The molecule has 0 bridgehead atoms. The second kappa shape index (κ2) is 10.6. The highest BCUT2D eigenvalue weighted by atomic mass is 19.3. The van der Waals surface area contributed by atoms with Crippen LogP contribution in [0.15, 0.2) is 42.5 Å².